The molecule has 0 bridgehead atoms. The van der Waals surface area contributed by atoms with Gasteiger partial charge < -0.3 is 10.8 Å². The van der Waals surface area contributed by atoms with Gasteiger partial charge in [-0.15, -0.1) is 0 Å². The molecule has 0 amide bonds. The van der Waals surface area contributed by atoms with E-state index in [-0.39, 0.29) is 12.5 Å². The number of hydrogen-bond acceptors (Lipinski definition) is 2. The number of carboxylic acid groups (broad SMARTS) is 1. The molecule has 0 aromatic carbocycles. The van der Waals surface area contributed by atoms with Gasteiger partial charge in [-0.2, -0.15) is 0 Å². The summed E-state index contributed by atoms with van der Waals surface area (Å²) in [6.07, 6.45) is 1.96. The third-order valence-corrected chi connectivity index (χ3v) is 1.84. The Morgan fingerprint density at radius 3 is 2.55 bits per heavy atom. The van der Waals surface area contributed by atoms with E-state index in [1.54, 1.807) is 0 Å². The Bertz CT molecular complexity index is 125. The van der Waals surface area contributed by atoms with Crippen molar-refractivity contribution in [1.82, 2.24) is 0 Å². The van der Waals surface area contributed by atoms with Crippen LogP contribution in [0.2, 0.25) is 0 Å². The lowest BCUT2D eigenvalue weighted by Gasteiger charge is -2.13. The van der Waals surface area contributed by atoms with Gasteiger partial charge in [-0.25, -0.2) is 0 Å². The van der Waals surface area contributed by atoms with Crippen LogP contribution < -0.4 is 5.73 Å². The van der Waals surface area contributed by atoms with E-state index in [1.165, 1.54) is 0 Å². The Balaban J connectivity index is 3.51. The Morgan fingerprint density at radius 1 is 1.64 bits per heavy atom. The van der Waals surface area contributed by atoms with E-state index in [4.69, 9.17) is 10.8 Å². The summed E-state index contributed by atoms with van der Waals surface area (Å²) in [6.45, 7) is 4.17. The highest BCUT2D eigenvalue weighted by Gasteiger charge is 2.10. The van der Waals surface area contributed by atoms with Crippen LogP contribution in [0.5, 0.6) is 0 Å². The molecule has 0 aliphatic carbocycles. The monoisotopic (exact) mass is 159 g/mol. The molecule has 3 nitrogen and oxygen atoms in total. The predicted octanol–water partition coefficient (Wildman–Crippen LogP) is 1.22. The summed E-state index contributed by atoms with van der Waals surface area (Å²) in [5.74, 6) is -0.273. The molecule has 0 aliphatic heterocycles. The molecule has 3 heteroatoms. The molecule has 0 aliphatic rings. The summed E-state index contributed by atoms with van der Waals surface area (Å²) in [5, 5.41) is 8.39. The van der Waals surface area contributed by atoms with Crippen LogP contribution >= 0.6 is 0 Å². The van der Waals surface area contributed by atoms with Crippen molar-refractivity contribution in [2.24, 2.45) is 11.7 Å². The van der Waals surface area contributed by atoms with Crippen molar-refractivity contribution in [3.63, 3.8) is 0 Å². The molecule has 11 heavy (non-hydrogen) atoms. The minimum absolute atomic E-state index is 0.0876. The van der Waals surface area contributed by atoms with Gasteiger partial charge >= 0.3 is 5.97 Å². The van der Waals surface area contributed by atoms with Crippen LogP contribution in [0.15, 0.2) is 0 Å². The molecule has 66 valence electrons. The minimum atomic E-state index is -0.805. The van der Waals surface area contributed by atoms with Crippen molar-refractivity contribution in [3.05, 3.63) is 0 Å². The number of hydrogen-bond donors (Lipinski definition) is 2. The van der Waals surface area contributed by atoms with E-state index in [0.717, 1.165) is 12.8 Å². The second kappa shape index (κ2) is 5.13. The molecular formula is C8H17NO2. The zero-order chi connectivity index (χ0) is 8.85. The van der Waals surface area contributed by atoms with Crippen LogP contribution in [0.25, 0.3) is 0 Å². The third kappa shape index (κ3) is 5.85. The summed E-state index contributed by atoms with van der Waals surface area (Å²) in [5.41, 5.74) is 5.57. The first-order valence-electron chi connectivity index (χ1n) is 4.03. The van der Waals surface area contributed by atoms with E-state index in [0.29, 0.717) is 5.92 Å². The summed E-state index contributed by atoms with van der Waals surface area (Å²) >= 11 is 0. The number of rotatable bonds is 5. The quantitative estimate of drug-likeness (QED) is 0.634. The van der Waals surface area contributed by atoms with Gasteiger partial charge in [0, 0.05) is 6.04 Å². The first-order valence-corrected chi connectivity index (χ1v) is 4.03. The summed E-state index contributed by atoms with van der Waals surface area (Å²) in [6, 6.07) is -0.178. The molecule has 0 spiro atoms. The van der Waals surface area contributed by atoms with Crippen LogP contribution in [-0.2, 0) is 4.79 Å². The van der Waals surface area contributed by atoms with Gasteiger partial charge in [0.05, 0.1) is 6.42 Å². The van der Waals surface area contributed by atoms with E-state index >= 15 is 0 Å². The number of carbonyl (C=O) groups is 1. The first kappa shape index (κ1) is 10.4. The molecule has 0 aromatic rings. The predicted molar refractivity (Wildman–Crippen MR) is 44.3 cm³/mol. The smallest absolute Gasteiger partial charge is 0.304 e. The molecule has 0 radical (unpaired) electrons. The maximum atomic E-state index is 10.2. The van der Waals surface area contributed by atoms with Crippen molar-refractivity contribution < 1.29 is 9.90 Å². The molecule has 0 fully saturated rings. The van der Waals surface area contributed by atoms with Crippen LogP contribution in [0.3, 0.4) is 0 Å². The maximum Gasteiger partial charge on any atom is 0.304 e. The van der Waals surface area contributed by atoms with Crippen LogP contribution in [0.4, 0.5) is 0 Å². The fourth-order valence-corrected chi connectivity index (χ4v) is 0.991. The van der Waals surface area contributed by atoms with Crippen molar-refractivity contribution in [3.8, 4) is 0 Å². The van der Waals surface area contributed by atoms with Gasteiger partial charge in [-0.05, 0) is 12.3 Å². The average molecular weight is 159 g/mol. The Hall–Kier alpha value is -0.570. The van der Waals surface area contributed by atoms with E-state index in [1.807, 2.05) is 0 Å². The number of nitrogens with two attached hydrogens (primary N) is 1. The molecule has 3 N–H and O–H groups in total. The lowest BCUT2D eigenvalue weighted by molar-refractivity contribution is -0.137. The highest BCUT2D eigenvalue weighted by Crippen LogP contribution is 2.09. The standard InChI is InChI=1S/C8H17NO2/c1-3-6(2)4-7(9)5-8(10)11/h6-7H,3-5,9H2,1-2H3,(H,10,11)/t6-,7?/m1/s1. The summed E-state index contributed by atoms with van der Waals surface area (Å²) in [4.78, 5) is 10.2. The Morgan fingerprint density at radius 2 is 2.18 bits per heavy atom. The second-order valence-electron chi connectivity index (χ2n) is 3.11. The third-order valence-electron chi connectivity index (χ3n) is 1.84. The van der Waals surface area contributed by atoms with Crippen molar-refractivity contribution in [2.45, 2.75) is 39.2 Å². The summed E-state index contributed by atoms with van der Waals surface area (Å²) < 4.78 is 0. The van der Waals surface area contributed by atoms with Crippen LogP contribution in [-0.4, -0.2) is 17.1 Å². The average Bonchev–Trinajstić information content (AvgIpc) is 1.85. The molecule has 0 aromatic heterocycles. The van der Waals surface area contributed by atoms with Gasteiger partial charge in [0.1, 0.15) is 0 Å². The van der Waals surface area contributed by atoms with E-state index in [2.05, 4.69) is 13.8 Å². The fraction of sp³-hybridized carbons (Fsp3) is 0.875. The van der Waals surface area contributed by atoms with Crippen molar-refractivity contribution in [2.75, 3.05) is 0 Å². The highest BCUT2D eigenvalue weighted by atomic mass is 16.4. The SMILES string of the molecule is CC[C@@H](C)CC(N)CC(=O)O. The van der Waals surface area contributed by atoms with Crippen LogP contribution in [0.1, 0.15) is 33.1 Å². The largest absolute Gasteiger partial charge is 0.481 e. The topological polar surface area (TPSA) is 63.3 Å². The summed E-state index contributed by atoms with van der Waals surface area (Å²) in [7, 11) is 0. The molecule has 0 rings (SSSR count). The van der Waals surface area contributed by atoms with Gasteiger partial charge in [-0.3, -0.25) is 4.79 Å². The van der Waals surface area contributed by atoms with Gasteiger partial charge in [0.15, 0.2) is 0 Å². The van der Waals surface area contributed by atoms with Gasteiger partial charge in [-0.1, -0.05) is 20.3 Å². The molecule has 0 saturated heterocycles. The maximum absolute atomic E-state index is 10.2. The van der Waals surface area contributed by atoms with Crippen molar-refractivity contribution in [1.29, 1.82) is 0 Å². The van der Waals surface area contributed by atoms with Crippen molar-refractivity contribution >= 4 is 5.97 Å². The second-order valence-corrected chi connectivity index (χ2v) is 3.11. The van der Waals surface area contributed by atoms with E-state index < -0.39 is 5.97 Å². The minimum Gasteiger partial charge on any atom is -0.481 e. The molecule has 0 heterocycles. The Labute approximate surface area is 67.6 Å². The first-order chi connectivity index (χ1) is 5.06. The normalized spacial score (nSPS) is 15.9. The molecule has 2 atom stereocenters. The Kier molecular flexibility index (Phi) is 4.86. The van der Waals surface area contributed by atoms with E-state index in [9.17, 15) is 4.79 Å². The zero-order valence-corrected chi connectivity index (χ0v) is 7.21. The number of aliphatic carboxylic acids is 1. The lowest BCUT2D eigenvalue weighted by atomic mass is 9.98. The molecule has 0 saturated carbocycles. The molecule has 1 unspecified atom stereocenters. The highest BCUT2D eigenvalue weighted by molar-refractivity contribution is 5.67. The lowest BCUT2D eigenvalue weighted by Crippen LogP contribution is -2.25. The van der Waals surface area contributed by atoms with Gasteiger partial charge in [0.2, 0.25) is 0 Å². The fourth-order valence-electron chi connectivity index (χ4n) is 0.991. The zero-order valence-electron chi connectivity index (χ0n) is 7.21. The molecular weight excluding hydrogens is 142 g/mol. The van der Waals surface area contributed by atoms with Gasteiger partial charge in [0.25, 0.3) is 0 Å². The van der Waals surface area contributed by atoms with Crippen LogP contribution in [0, 0.1) is 5.92 Å². The number of carboxylic acids is 1.